The summed E-state index contributed by atoms with van der Waals surface area (Å²) in [5.41, 5.74) is 3.38. The van der Waals surface area contributed by atoms with Crippen LogP contribution in [0.25, 0.3) is 0 Å². The van der Waals surface area contributed by atoms with Gasteiger partial charge < -0.3 is 10.4 Å². The molecule has 2 rings (SSSR count). The molecule has 0 aliphatic heterocycles. The fraction of sp³-hybridized carbons (Fsp3) is 0.235. The second-order valence-electron chi connectivity index (χ2n) is 4.93. The Morgan fingerprint density at radius 2 is 1.60 bits per heavy atom. The first-order valence-corrected chi connectivity index (χ1v) is 6.73. The van der Waals surface area contributed by atoms with Crippen LogP contribution in [-0.2, 0) is 17.8 Å². The van der Waals surface area contributed by atoms with Gasteiger partial charge in [-0.25, -0.2) is 0 Å². The standard InChI is InChI=1S/C17H19NO2/c1-13-2-4-14(5-3-13)8-11-17(20)18-12-15-6-9-16(19)10-7-15/h2-7,9-10,19H,8,11-12H2,1H3,(H,18,20). The van der Waals surface area contributed by atoms with Gasteiger partial charge in [0.15, 0.2) is 0 Å². The summed E-state index contributed by atoms with van der Waals surface area (Å²) < 4.78 is 0. The SMILES string of the molecule is Cc1ccc(CCC(=O)NCc2ccc(O)cc2)cc1. The van der Waals surface area contributed by atoms with Crippen molar-refractivity contribution in [3.63, 3.8) is 0 Å². The Morgan fingerprint density at radius 1 is 1.00 bits per heavy atom. The largest absolute Gasteiger partial charge is 0.508 e. The topological polar surface area (TPSA) is 49.3 Å². The lowest BCUT2D eigenvalue weighted by Crippen LogP contribution is -2.22. The molecule has 0 fully saturated rings. The van der Waals surface area contributed by atoms with Gasteiger partial charge in [-0.15, -0.1) is 0 Å². The summed E-state index contributed by atoms with van der Waals surface area (Å²) in [7, 11) is 0. The summed E-state index contributed by atoms with van der Waals surface area (Å²) in [6.45, 7) is 2.54. The molecule has 104 valence electrons. The van der Waals surface area contributed by atoms with Gasteiger partial charge >= 0.3 is 0 Å². The van der Waals surface area contributed by atoms with E-state index in [1.54, 1.807) is 24.3 Å². The average Bonchev–Trinajstić information content (AvgIpc) is 2.46. The van der Waals surface area contributed by atoms with E-state index in [1.807, 2.05) is 6.92 Å². The number of carbonyl (C=O) groups is 1. The minimum atomic E-state index is 0.0404. The van der Waals surface area contributed by atoms with E-state index in [-0.39, 0.29) is 11.7 Å². The molecule has 0 bridgehead atoms. The predicted octanol–water partition coefficient (Wildman–Crippen LogP) is 2.95. The lowest BCUT2D eigenvalue weighted by molar-refractivity contribution is -0.121. The zero-order chi connectivity index (χ0) is 14.4. The first-order valence-electron chi connectivity index (χ1n) is 6.73. The highest BCUT2D eigenvalue weighted by atomic mass is 16.3. The van der Waals surface area contributed by atoms with Crippen LogP contribution in [0.3, 0.4) is 0 Å². The van der Waals surface area contributed by atoms with Crippen LogP contribution in [0.1, 0.15) is 23.1 Å². The predicted molar refractivity (Wildman–Crippen MR) is 79.5 cm³/mol. The van der Waals surface area contributed by atoms with Crippen LogP contribution in [-0.4, -0.2) is 11.0 Å². The third-order valence-electron chi connectivity index (χ3n) is 3.19. The number of rotatable bonds is 5. The van der Waals surface area contributed by atoms with Gasteiger partial charge in [-0.3, -0.25) is 4.79 Å². The highest BCUT2D eigenvalue weighted by Gasteiger charge is 2.02. The van der Waals surface area contributed by atoms with Gasteiger partial charge in [0, 0.05) is 13.0 Å². The maximum Gasteiger partial charge on any atom is 0.220 e. The maximum atomic E-state index is 11.8. The minimum Gasteiger partial charge on any atom is -0.508 e. The van der Waals surface area contributed by atoms with E-state index in [0.29, 0.717) is 13.0 Å². The number of aryl methyl sites for hydroxylation is 2. The van der Waals surface area contributed by atoms with Crippen LogP contribution >= 0.6 is 0 Å². The molecule has 0 aliphatic rings. The van der Waals surface area contributed by atoms with Gasteiger partial charge in [-0.1, -0.05) is 42.0 Å². The van der Waals surface area contributed by atoms with Crippen molar-refractivity contribution in [3.8, 4) is 5.75 Å². The number of hydrogen-bond acceptors (Lipinski definition) is 2. The molecule has 0 aliphatic carbocycles. The van der Waals surface area contributed by atoms with Crippen molar-refractivity contribution < 1.29 is 9.90 Å². The molecule has 0 aromatic heterocycles. The summed E-state index contributed by atoms with van der Waals surface area (Å²) in [5.74, 6) is 0.276. The second kappa shape index (κ2) is 6.75. The van der Waals surface area contributed by atoms with E-state index in [0.717, 1.165) is 12.0 Å². The van der Waals surface area contributed by atoms with E-state index in [2.05, 4.69) is 29.6 Å². The zero-order valence-electron chi connectivity index (χ0n) is 11.6. The summed E-state index contributed by atoms with van der Waals surface area (Å²) in [5, 5.41) is 12.1. The molecular weight excluding hydrogens is 250 g/mol. The molecule has 2 aromatic carbocycles. The molecular formula is C17H19NO2. The first-order chi connectivity index (χ1) is 9.63. The van der Waals surface area contributed by atoms with Crippen molar-refractivity contribution in [3.05, 3.63) is 65.2 Å². The van der Waals surface area contributed by atoms with Crippen molar-refractivity contribution >= 4 is 5.91 Å². The van der Waals surface area contributed by atoms with Crippen molar-refractivity contribution in [2.45, 2.75) is 26.3 Å². The summed E-state index contributed by atoms with van der Waals surface area (Å²) in [6.07, 6.45) is 1.24. The fourth-order valence-electron chi connectivity index (χ4n) is 1.92. The normalized spacial score (nSPS) is 10.2. The highest BCUT2D eigenvalue weighted by molar-refractivity contribution is 5.76. The molecule has 2 N–H and O–H groups in total. The molecule has 0 saturated heterocycles. The van der Waals surface area contributed by atoms with Crippen LogP contribution in [0.4, 0.5) is 0 Å². The molecule has 0 atom stereocenters. The molecule has 0 unspecified atom stereocenters. The smallest absolute Gasteiger partial charge is 0.220 e. The van der Waals surface area contributed by atoms with E-state index >= 15 is 0 Å². The summed E-state index contributed by atoms with van der Waals surface area (Å²) in [4.78, 5) is 11.8. The van der Waals surface area contributed by atoms with Crippen molar-refractivity contribution in [1.29, 1.82) is 0 Å². The van der Waals surface area contributed by atoms with Crippen molar-refractivity contribution in [1.82, 2.24) is 5.32 Å². The molecule has 0 heterocycles. The number of phenols is 1. The Labute approximate surface area is 119 Å². The number of aromatic hydroxyl groups is 1. The third-order valence-corrected chi connectivity index (χ3v) is 3.19. The number of nitrogens with one attached hydrogen (secondary N) is 1. The summed E-state index contributed by atoms with van der Waals surface area (Å²) in [6, 6.07) is 15.1. The van der Waals surface area contributed by atoms with Gasteiger partial charge in [0.25, 0.3) is 0 Å². The van der Waals surface area contributed by atoms with E-state index in [9.17, 15) is 9.90 Å². The molecule has 1 amide bonds. The van der Waals surface area contributed by atoms with Crippen LogP contribution in [0.2, 0.25) is 0 Å². The van der Waals surface area contributed by atoms with Gasteiger partial charge in [0.2, 0.25) is 5.91 Å². The second-order valence-corrected chi connectivity index (χ2v) is 4.93. The quantitative estimate of drug-likeness (QED) is 0.876. The van der Waals surface area contributed by atoms with E-state index < -0.39 is 0 Å². The van der Waals surface area contributed by atoms with Gasteiger partial charge in [0.1, 0.15) is 5.75 Å². The first kappa shape index (κ1) is 14.1. The van der Waals surface area contributed by atoms with Gasteiger partial charge in [0.05, 0.1) is 0 Å². The lowest BCUT2D eigenvalue weighted by Gasteiger charge is -2.06. The van der Waals surface area contributed by atoms with Crippen molar-refractivity contribution in [2.24, 2.45) is 0 Å². The lowest BCUT2D eigenvalue weighted by atomic mass is 10.1. The average molecular weight is 269 g/mol. The Hall–Kier alpha value is -2.29. The Kier molecular flexibility index (Phi) is 4.77. The fourth-order valence-corrected chi connectivity index (χ4v) is 1.92. The molecule has 3 heteroatoms. The van der Waals surface area contributed by atoms with Gasteiger partial charge in [-0.2, -0.15) is 0 Å². The Balaban J connectivity index is 1.75. The van der Waals surface area contributed by atoms with E-state index in [1.165, 1.54) is 11.1 Å². The minimum absolute atomic E-state index is 0.0404. The van der Waals surface area contributed by atoms with Crippen LogP contribution < -0.4 is 5.32 Å². The number of phenolic OH excluding ortho intramolecular Hbond substituents is 1. The Morgan fingerprint density at radius 3 is 2.25 bits per heavy atom. The van der Waals surface area contributed by atoms with Crippen molar-refractivity contribution in [2.75, 3.05) is 0 Å². The van der Waals surface area contributed by atoms with Crippen LogP contribution in [0.15, 0.2) is 48.5 Å². The van der Waals surface area contributed by atoms with E-state index in [4.69, 9.17) is 0 Å². The zero-order valence-corrected chi connectivity index (χ0v) is 11.6. The van der Waals surface area contributed by atoms with Gasteiger partial charge in [-0.05, 0) is 36.6 Å². The van der Waals surface area contributed by atoms with Crippen LogP contribution in [0.5, 0.6) is 5.75 Å². The maximum absolute atomic E-state index is 11.8. The molecule has 0 spiro atoms. The number of amides is 1. The Bertz CT molecular complexity index is 507. The number of benzene rings is 2. The molecule has 3 nitrogen and oxygen atoms in total. The molecule has 0 radical (unpaired) electrons. The number of hydrogen-bond donors (Lipinski definition) is 2. The van der Waals surface area contributed by atoms with Crippen LogP contribution in [0, 0.1) is 6.92 Å². The third kappa shape index (κ3) is 4.43. The highest BCUT2D eigenvalue weighted by Crippen LogP contribution is 2.09. The monoisotopic (exact) mass is 269 g/mol. The molecule has 20 heavy (non-hydrogen) atoms. The molecule has 0 saturated carbocycles. The number of carbonyl (C=O) groups excluding carboxylic acids is 1. The summed E-state index contributed by atoms with van der Waals surface area (Å²) >= 11 is 0. The molecule has 2 aromatic rings.